The largest absolute Gasteiger partial charge is 0.396 e. The Morgan fingerprint density at radius 1 is 1.35 bits per heavy atom. The number of hydrogen-bond acceptors (Lipinski definition) is 6. The maximum atomic E-state index is 9.56. The third-order valence-corrected chi connectivity index (χ3v) is 3.77. The molecule has 2 aromatic rings. The van der Waals surface area contributed by atoms with Crippen molar-refractivity contribution in [3.8, 4) is 0 Å². The van der Waals surface area contributed by atoms with Crippen LogP contribution in [0.2, 0.25) is 0 Å². The van der Waals surface area contributed by atoms with Gasteiger partial charge in [-0.3, -0.25) is 9.88 Å². The van der Waals surface area contributed by atoms with Crippen LogP contribution in [0.1, 0.15) is 23.2 Å². The molecule has 106 valence electrons. The number of likely N-dealkylation sites (tertiary alicyclic amines) is 1. The van der Waals surface area contributed by atoms with Gasteiger partial charge in [0.1, 0.15) is 0 Å². The number of rotatable bonds is 4. The van der Waals surface area contributed by atoms with E-state index in [1.807, 2.05) is 19.1 Å². The Bertz CT molecular complexity index is 557. The second kappa shape index (κ2) is 5.68. The zero-order valence-corrected chi connectivity index (χ0v) is 11.4. The van der Waals surface area contributed by atoms with Crippen LogP contribution < -0.4 is 0 Å². The highest BCUT2D eigenvalue weighted by Crippen LogP contribution is 2.32. The second-order valence-corrected chi connectivity index (χ2v) is 5.28. The van der Waals surface area contributed by atoms with Gasteiger partial charge in [0.2, 0.25) is 5.89 Å². The molecule has 2 atom stereocenters. The normalized spacial score (nSPS) is 23.3. The zero-order valence-electron chi connectivity index (χ0n) is 11.4. The Morgan fingerprint density at radius 2 is 2.15 bits per heavy atom. The van der Waals surface area contributed by atoms with Crippen molar-refractivity contribution in [1.29, 1.82) is 0 Å². The van der Waals surface area contributed by atoms with Gasteiger partial charge in [-0.25, -0.2) is 0 Å². The highest BCUT2D eigenvalue weighted by Gasteiger charge is 2.36. The van der Waals surface area contributed by atoms with E-state index in [0.717, 1.165) is 19.6 Å². The summed E-state index contributed by atoms with van der Waals surface area (Å²) in [4.78, 5) is 10.6. The van der Waals surface area contributed by atoms with Crippen molar-refractivity contribution in [3.63, 3.8) is 0 Å². The van der Waals surface area contributed by atoms with Gasteiger partial charge in [0.25, 0.3) is 0 Å². The third-order valence-electron chi connectivity index (χ3n) is 3.77. The number of aliphatic hydroxyl groups excluding tert-OH is 1. The molecule has 6 heteroatoms. The average molecular weight is 274 g/mol. The monoisotopic (exact) mass is 274 g/mol. The van der Waals surface area contributed by atoms with Gasteiger partial charge >= 0.3 is 0 Å². The van der Waals surface area contributed by atoms with Gasteiger partial charge in [-0.2, -0.15) is 4.98 Å². The standard InChI is InChI=1S/C14H18N4O2/c1-10-16-14(20-17-10)13-8-18(7-12(13)9-19)6-11-2-4-15-5-3-11/h2-5,12-13,19H,6-9H2,1H3/t12-,13+/m0/s1. The summed E-state index contributed by atoms with van der Waals surface area (Å²) in [5.41, 5.74) is 1.22. The van der Waals surface area contributed by atoms with E-state index in [-0.39, 0.29) is 18.4 Å². The fraction of sp³-hybridized carbons (Fsp3) is 0.500. The van der Waals surface area contributed by atoms with Gasteiger partial charge in [-0.1, -0.05) is 5.16 Å². The summed E-state index contributed by atoms with van der Waals surface area (Å²) in [5.74, 6) is 1.54. The predicted octanol–water partition coefficient (Wildman–Crippen LogP) is 0.981. The summed E-state index contributed by atoms with van der Waals surface area (Å²) in [5, 5.41) is 13.4. The van der Waals surface area contributed by atoms with Gasteiger partial charge in [-0.05, 0) is 24.6 Å². The van der Waals surface area contributed by atoms with Crippen molar-refractivity contribution < 1.29 is 9.63 Å². The van der Waals surface area contributed by atoms with Gasteiger partial charge in [0.05, 0.1) is 5.92 Å². The van der Waals surface area contributed by atoms with E-state index < -0.39 is 0 Å². The molecular weight excluding hydrogens is 256 g/mol. The minimum Gasteiger partial charge on any atom is -0.396 e. The number of pyridine rings is 1. The number of aromatic nitrogens is 3. The highest BCUT2D eigenvalue weighted by molar-refractivity contribution is 5.11. The summed E-state index contributed by atoms with van der Waals surface area (Å²) in [7, 11) is 0. The average Bonchev–Trinajstić information content (AvgIpc) is 3.06. The number of nitrogens with zero attached hydrogens (tertiary/aromatic N) is 4. The van der Waals surface area contributed by atoms with E-state index in [9.17, 15) is 5.11 Å². The molecule has 3 heterocycles. The van der Waals surface area contributed by atoms with Crippen LogP contribution >= 0.6 is 0 Å². The minimum atomic E-state index is 0.114. The number of aliphatic hydroxyl groups is 1. The van der Waals surface area contributed by atoms with Crippen molar-refractivity contribution in [3.05, 3.63) is 41.8 Å². The Morgan fingerprint density at radius 3 is 2.80 bits per heavy atom. The molecule has 0 amide bonds. The Hall–Kier alpha value is -1.79. The molecular formula is C14H18N4O2. The lowest BCUT2D eigenvalue weighted by Gasteiger charge is -2.14. The summed E-state index contributed by atoms with van der Waals surface area (Å²) in [6.45, 7) is 4.46. The molecule has 0 bridgehead atoms. The summed E-state index contributed by atoms with van der Waals surface area (Å²) in [6, 6.07) is 4.02. The first-order chi connectivity index (χ1) is 9.76. The molecule has 20 heavy (non-hydrogen) atoms. The van der Waals surface area contributed by atoms with Crippen molar-refractivity contribution in [2.75, 3.05) is 19.7 Å². The molecule has 0 spiro atoms. The molecule has 0 radical (unpaired) electrons. The maximum Gasteiger partial charge on any atom is 0.231 e. The smallest absolute Gasteiger partial charge is 0.231 e. The van der Waals surface area contributed by atoms with Crippen LogP contribution in [-0.2, 0) is 6.54 Å². The first-order valence-electron chi connectivity index (χ1n) is 6.78. The Balaban J connectivity index is 1.71. The topological polar surface area (TPSA) is 75.3 Å². The first kappa shape index (κ1) is 13.2. The highest BCUT2D eigenvalue weighted by atomic mass is 16.5. The number of hydrogen-bond donors (Lipinski definition) is 1. The molecule has 1 aliphatic heterocycles. The van der Waals surface area contributed by atoms with Crippen LogP contribution in [0.3, 0.4) is 0 Å². The predicted molar refractivity (Wildman–Crippen MR) is 71.9 cm³/mol. The van der Waals surface area contributed by atoms with Gasteiger partial charge in [-0.15, -0.1) is 0 Å². The lowest BCUT2D eigenvalue weighted by atomic mass is 9.97. The quantitative estimate of drug-likeness (QED) is 0.895. The van der Waals surface area contributed by atoms with Crippen molar-refractivity contribution >= 4 is 0 Å². The van der Waals surface area contributed by atoms with Crippen LogP contribution in [0.5, 0.6) is 0 Å². The van der Waals surface area contributed by atoms with E-state index in [0.29, 0.717) is 11.7 Å². The van der Waals surface area contributed by atoms with Crippen LogP contribution in [0.25, 0.3) is 0 Å². The SMILES string of the molecule is Cc1noc([C@@H]2CN(Cc3ccncc3)C[C@H]2CO)n1. The van der Waals surface area contributed by atoms with E-state index in [1.165, 1.54) is 5.56 Å². The fourth-order valence-corrected chi connectivity index (χ4v) is 2.76. The van der Waals surface area contributed by atoms with Gasteiger partial charge in [0.15, 0.2) is 5.82 Å². The summed E-state index contributed by atoms with van der Waals surface area (Å²) >= 11 is 0. The minimum absolute atomic E-state index is 0.114. The van der Waals surface area contributed by atoms with Crippen LogP contribution in [-0.4, -0.2) is 44.8 Å². The van der Waals surface area contributed by atoms with Gasteiger partial charge < -0.3 is 9.63 Å². The van der Waals surface area contributed by atoms with E-state index in [4.69, 9.17) is 4.52 Å². The lowest BCUT2D eigenvalue weighted by Crippen LogP contribution is -2.20. The third kappa shape index (κ3) is 2.71. The molecule has 1 aliphatic rings. The molecule has 0 aliphatic carbocycles. The molecule has 0 aromatic carbocycles. The first-order valence-corrected chi connectivity index (χ1v) is 6.78. The number of aryl methyl sites for hydroxylation is 1. The summed E-state index contributed by atoms with van der Waals surface area (Å²) in [6.07, 6.45) is 3.60. The molecule has 2 aromatic heterocycles. The molecule has 1 saturated heterocycles. The van der Waals surface area contributed by atoms with E-state index >= 15 is 0 Å². The zero-order chi connectivity index (χ0) is 13.9. The van der Waals surface area contributed by atoms with Crippen LogP contribution in [0, 0.1) is 12.8 Å². The van der Waals surface area contributed by atoms with Crippen molar-refractivity contribution in [2.24, 2.45) is 5.92 Å². The molecule has 1 fully saturated rings. The Kier molecular flexibility index (Phi) is 3.75. The lowest BCUT2D eigenvalue weighted by molar-refractivity contribution is 0.205. The van der Waals surface area contributed by atoms with Crippen molar-refractivity contribution in [1.82, 2.24) is 20.0 Å². The second-order valence-electron chi connectivity index (χ2n) is 5.28. The fourth-order valence-electron chi connectivity index (χ4n) is 2.76. The van der Waals surface area contributed by atoms with Crippen LogP contribution in [0.4, 0.5) is 0 Å². The van der Waals surface area contributed by atoms with E-state index in [2.05, 4.69) is 20.0 Å². The Labute approximate surface area is 117 Å². The van der Waals surface area contributed by atoms with E-state index in [1.54, 1.807) is 12.4 Å². The van der Waals surface area contributed by atoms with Crippen molar-refractivity contribution in [2.45, 2.75) is 19.4 Å². The molecule has 6 nitrogen and oxygen atoms in total. The summed E-state index contributed by atoms with van der Waals surface area (Å²) < 4.78 is 5.27. The molecule has 0 unspecified atom stereocenters. The molecule has 0 saturated carbocycles. The molecule has 3 rings (SSSR count). The molecule has 1 N–H and O–H groups in total. The van der Waals surface area contributed by atoms with Gasteiger partial charge in [0, 0.05) is 44.6 Å². The maximum absolute atomic E-state index is 9.56. The van der Waals surface area contributed by atoms with Crippen LogP contribution in [0.15, 0.2) is 29.0 Å².